The summed E-state index contributed by atoms with van der Waals surface area (Å²) in [6.07, 6.45) is 0. The molecule has 0 amide bonds. The zero-order valence-electron chi connectivity index (χ0n) is 26.1. The summed E-state index contributed by atoms with van der Waals surface area (Å²) in [5, 5.41) is 27.0. The number of hydrogen-bond donors (Lipinski definition) is 0. The average Bonchev–Trinajstić information content (AvgIpc) is 3.82. The van der Waals surface area contributed by atoms with Crippen molar-refractivity contribution in [2.75, 3.05) is 0 Å². The molecular formula is C44H24N4O. The highest BCUT2D eigenvalue weighted by Gasteiger charge is 2.23. The summed E-state index contributed by atoms with van der Waals surface area (Å²) in [5.41, 5.74) is 10.5. The number of para-hydroxylation sites is 4. The Morgan fingerprint density at radius 3 is 1.49 bits per heavy atom. The van der Waals surface area contributed by atoms with E-state index < -0.39 is 0 Å². The number of rotatable bonds is 3. The standard InChI is InChI=1S/C44H24N4O/c45-25-27-17-19-38(47-35-13-5-1-9-29(35)30-10-2-6-14-36(30)47)33(23-27)34-24-28(26-46)18-20-39(34)48-37-15-7-3-11-31(37)43-40(48)21-22-42-44(43)32-12-4-8-16-41(32)49-42/h1-24H. The van der Waals surface area contributed by atoms with Crippen LogP contribution in [0.5, 0.6) is 0 Å². The second-order valence-electron chi connectivity index (χ2n) is 12.3. The molecule has 5 nitrogen and oxygen atoms in total. The van der Waals surface area contributed by atoms with Crippen molar-refractivity contribution in [1.29, 1.82) is 10.5 Å². The van der Waals surface area contributed by atoms with Crippen molar-refractivity contribution in [2.45, 2.75) is 0 Å². The maximum Gasteiger partial charge on any atom is 0.136 e. The number of hydrogen-bond acceptors (Lipinski definition) is 3. The summed E-state index contributed by atoms with van der Waals surface area (Å²) >= 11 is 0. The van der Waals surface area contributed by atoms with Crippen LogP contribution in [0.1, 0.15) is 11.1 Å². The first-order chi connectivity index (χ1) is 24.2. The maximum absolute atomic E-state index is 10.2. The Morgan fingerprint density at radius 2 is 0.898 bits per heavy atom. The fourth-order valence-electron chi connectivity index (χ4n) is 7.75. The van der Waals surface area contributed by atoms with E-state index in [-0.39, 0.29) is 0 Å². The summed E-state index contributed by atoms with van der Waals surface area (Å²) in [6.45, 7) is 0. The van der Waals surface area contributed by atoms with Crippen LogP contribution in [-0.2, 0) is 0 Å². The van der Waals surface area contributed by atoms with Crippen molar-refractivity contribution in [2.24, 2.45) is 0 Å². The predicted molar refractivity (Wildman–Crippen MR) is 197 cm³/mol. The van der Waals surface area contributed by atoms with Crippen molar-refractivity contribution in [3.8, 4) is 34.6 Å². The highest BCUT2D eigenvalue weighted by atomic mass is 16.3. The number of nitriles is 2. The highest BCUT2D eigenvalue weighted by Crippen LogP contribution is 2.44. The van der Waals surface area contributed by atoms with Gasteiger partial charge in [-0.25, -0.2) is 0 Å². The van der Waals surface area contributed by atoms with Crippen LogP contribution in [-0.4, -0.2) is 9.13 Å². The molecule has 0 N–H and O–H groups in total. The molecule has 10 rings (SSSR count). The molecule has 0 unspecified atom stereocenters. The van der Waals surface area contributed by atoms with E-state index >= 15 is 0 Å². The van der Waals surface area contributed by atoms with Gasteiger partial charge in [-0.3, -0.25) is 0 Å². The Morgan fingerprint density at radius 1 is 0.408 bits per heavy atom. The Labute approximate surface area is 280 Å². The normalized spacial score (nSPS) is 11.6. The second-order valence-corrected chi connectivity index (χ2v) is 12.3. The summed E-state index contributed by atoms with van der Waals surface area (Å²) in [6, 6.07) is 54.1. The molecule has 0 fully saturated rings. The smallest absolute Gasteiger partial charge is 0.136 e. The van der Waals surface area contributed by atoms with Crippen LogP contribution < -0.4 is 0 Å². The van der Waals surface area contributed by atoms with Gasteiger partial charge in [0.1, 0.15) is 11.2 Å². The summed E-state index contributed by atoms with van der Waals surface area (Å²) < 4.78 is 10.9. The van der Waals surface area contributed by atoms with Gasteiger partial charge in [0.15, 0.2) is 0 Å². The number of nitrogens with zero attached hydrogens (tertiary/aromatic N) is 4. The lowest BCUT2D eigenvalue weighted by atomic mass is 9.97. The van der Waals surface area contributed by atoms with E-state index in [9.17, 15) is 10.5 Å². The number of furan rings is 1. The fourth-order valence-corrected chi connectivity index (χ4v) is 7.75. The monoisotopic (exact) mass is 624 g/mol. The first-order valence-electron chi connectivity index (χ1n) is 16.1. The summed E-state index contributed by atoms with van der Waals surface area (Å²) in [7, 11) is 0. The lowest BCUT2D eigenvalue weighted by molar-refractivity contribution is 0.669. The van der Waals surface area contributed by atoms with Gasteiger partial charge in [-0.05, 0) is 72.8 Å². The van der Waals surface area contributed by atoms with E-state index in [1.165, 1.54) is 0 Å². The molecule has 0 radical (unpaired) electrons. The van der Waals surface area contributed by atoms with Gasteiger partial charge in [0.2, 0.25) is 0 Å². The van der Waals surface area contributed by atoms with E-state index in [4.69, 9.17) is 4.42 Å². The molecule has 3 aromatic heterocycles. The molecule has 0 aliphatic heterocycles. The van der Waals surface area contributed by atoms with Gasteiger partial charge in [0.05, 0.1) is 56.7 Å². The molecule has 0 atom stereocenters. The Kier molecular flexibility index (Phi) is 5.64. The fraction of sp³-hybridized carbons (Fsp3) is 0. The van der Waals surface area contributed by atoms with Gasteiger partial charge < -0.3 is 13.6 Å². The molecule has 0 bridgehead atoms. The molecular weight excluding hydrogens is 601 g/mol. The largest absolute Gasteiger partial charge is 0.456 e. The van der Waals surface area contributed by atoms with Crippen LogP contribution in [0.4, 0.5) is 0 Å². The van der Waals surface area contributed by atoms with Crippen LogP contribution in [0.25, 0.3) is 88.1 Å². The first-order valence-corrected chi connectivity index (χ1v) is 16.1. The van der Waals surface area contributed by atoms with Crippen molar-refractivity contribution in [3.05, 3.63) is 157 Å². The molecule has 10 aromatic rings. The summed E-state index contributed by atoms with van der Waals surface area (Å²) in [4.78, 5) is 0. The Bertz CT molecular complexity index is 3030. The second kappa shape index (κ2) is 10.2. The van der Waals surface area contributed by atoms with E-state index in [0.29, 0.717) is 11.1 Å². The number of aromatic nitrogens is 2. The third-order valence-corrected chi connectivity index (χ3v) is 9.78. The molecule has 0 saturated heterocycles. The lowest BCUT2D eigenvalue weighted by Gasteiger charge is -2.19. The molecule has 3 heterocycles. The molecule has 0 aliphatic carbocycles. The van der Waals surface area contributed by atoms with Crippen LogP contribution in [0, 0.1) is 22.7 Å². The van der Waals surface area contributed by atoms with Crippen LogP contribution in [0.15, 0.2) is 150 Å². The SMILES string of the molecule is N#Cc1ccc(-n2c3ccccc3c3ccccc32)c(-c2cc(C#N)ccc2-n2c3ccccc3c3c4c(ccc32)oc2ccccc24)c1. The summed E-state index contributed by atoms with van der Waals surface area (Å²) in [5.74, 6) is 0. The average molecular weight is 625 g/mol. The topological polar surface area (TPSA) is 70.6 Å². The predicted octanol–water partition coefficient (Wildman–Crippen LogP) is 11.2. The molecule has 0 saturated carbocycles. The highest BCUT2D eigenvalue weighted by molar-refractivity contribution is 6.27. The number of benzene rings is 7. The zero-order valence-corrected chi connectivity index (χ0v) is 26.1. The van der Waals surface area contributed by atoms with E-state index in [1.54, 1.807) is 0 Å². The third kappa shape index (κ3) is 3.79. The number of fused-ring (bicyclic) bond motifs is 10. The zero-order chi connectivity index (χ0) is 32.6. The quantitative estimate of drug-likeness (QED) is 0.196. The van der Waals surface area contributed by atoms with Crippen LogP contribution in [0.3, 0.4) is 0 Å². The maximum atomic E-state index is 10.2. The van der Waals surface area contributed by atoms with E-state index in [0.717, 1.165) is 88.1 Å². The van der Waals surface area contributed by atoms with Gasteiger partial charge in [0.25, 0.3) is 0 Å². The van der Waals surface area contributed by atoms with Crippen molar-refractivity contribution < 1.29 is 4.42 Å². The van der Waals surface area contributed by atoms with Crippen LogP contribution >= 0.6 is 0 Å². The van der Waals surface area contributed by atoms with Gasteiger partial charge in [-0.15, -0.1) is 0 Å². The van der Waals surface area contributed by atoms with Gasteiger partial charge >= 0.3 is 0 Å². The van der Waals surface area contributed by atoms with Crippen molar-refractivity contribution in [1.82, 2.24) is 9.13 Å². The van der Waals surface area contributed by atoms with Gasteiger partial charge in [-0.2, -0.15) is 10.5 Å². The van der Waals surface area contributed by atoms with Crippen molar-refractivity contribution >= 4 is 65.6 Å². The molecule has 7 aromatic carbocycles. The van der Waals surface area contributed by atoms with E-state index in [1.807, 2.05) is 54.6 Å². The van der Waals surface area contributed by atoms with Gasteiger partial charge in [0, 0.05) is 43.4 Å². The van der Waals surface area contributed by atoms with E-state index in [2.05, 4.69) is 112 Å². The third-order valence-electron chi connectivity index (χ3n) is 9.78. The Hall–Kier alpha value is -7.08. The van der Waals surface area contributed by atoms with Gasteiger partial charge in [-0.1, -0.05) is 72.8 Å². The lowest BCUT2D eigenvalue weighted by Crippen LogP contribution is -2.02. The van der Waals surface area contributed by atoms with Crippen LogP contribution in [0.2, 0.25) is 0 Å². The minimum atomic E-state index is 0.540. The molecule has 0 aliphatic rings. The first kappa shape index (κ1) is 27.1. The molecule has 5 heteroatoms. The molecule has 49 heavy (non-hydrogen) atoms. The minimum absolute atomic E-state index is 0.540. The van der Waals surface area contributed by atoms with Crippen molar-refractivity contribution in [3.63, 3.8) is 0 Å². The minimum Gasteiger partial charge on any atom is -0.456 e. The Balaban J connectivity index is 1.35. The molecule has 0 spiro atoms. The molecule has 226 valence electrons.